The summed E-state index contributed by atoms with van der Waals surface area (Å²) in [5.74, 6) is 0.961. The number of nitrogens with one attached hydrogen (secondary N) is 2. The Bertz CT molecular complexity index is 1940. The Morgan fingerprint density at radius 2 is 1.84 bits per heavy atom. The summed E-state index contributed by atoms with van der Waals surface area (Å²) < 4.78 is 7.03. The van der Waals surface area contributed by atoms with Gasteiger partial charge in [0.25, 0.3) is 11.7 Å². The molecule has 3 aromatic heterocycles. The largest absolute Gasteiger partial charge is 0.494 e. The van der Waals surface area contributed by atoms with Crippen molar-refractivity contribution in [2.75, 3.05) is 38.6 Å². The van der Waals surface area contributed by atoms with Gasteiger partial charge in [-0.25, -0.2) is 19.6 Å². The zero-order chi connectivity index (χ0) is 29.7. The molecular formula is C30H26ClN9O3. The molecule has 0 unspecified atom stereocenters. The number of para-hydroxylation sites is 1. The number of H-pyrrole nitrogens is 1. The minimum absolute atomic E-state index is 0.210. The molecule has 0 atom stereocenters. The molecule has 0 saturated carbocycles. The summed E-state index contributed by atoms with van der Waals surface area (Å²) in [4.78, 5) is 47.6. The van der Waals surface area contributed by atoms with Crippen molar-refractivity contribution in [1.82, 2.24) is 34.5 Å². The van der Waals surface area contributed by atoms with E-state index in [1.807, 2.05) is 42.5 Å². The van der Waals surface area contributed by atoms with Crippen LogP contribution in [0.3, 0.4) is 0 Å². The number of rotatable bonds is 4. The third-order valence-electron chi connectivity index (χ3n) is 7.63. The smallest absolute Gasteiger partial charge is 0.295 e. The van der Waals surface area contributed by atoms with Crippen LogP contribution in [0.15, 0.2) is 66.2 Å². The minimum atomic E-state index is -0.630. The number of hydrogen-bond donors (Lipinski definition) is 2. The number of methoxy groups -OCH3 is 1. The number of aromatic nitrogens is 5. The molecule has 5 aromatic rings. The normalized spacial score (nSPS) is 14.4. The van der Waals surface area contributed by atoms with E-state index in [2.05, 4.69) is 30.3 Å². The maximum atomic E-state index is 13.6. The van der Waals surface area contributed by atoms with Crippen LogP contribution in [0.25, 0.3) is 16.7 Å². The topological polar surface area (TPSA) is 134 Å². The molecule has 0 bridgehead atoms. The van der Waals surface area contributed by atoms with E-state index in [1.165, 1.54) is 30.5 Å². The highest BCUT2D eigenvalue weighted by Gasteiger charge is 2.32. The number of fused-ring (bicyclic) bond motifs is 3. The van der Waals surface area contributed by atoms with E-state index in [9.17, 15) is 9.59 Å². The third-order valence-corrected chi connectivity index (χ3v) is 7.86. The molecule has 1 fully saturated rings. The monoisotopic (exact) mass is 595 g/mol. The molecule has 2 aromatic carbocycles. The lowest BCUT2D eigenvalue weighted by atomic mass is 10.1. The first-order valence-corrected chi connectivity index (χ1v) is 14.0. The molecule has 2 aliphatic heterocycles. The number of amides is 1. The van der Waals surface area contributed by atoms with E-state index in [0.717, 1.165) is 28.5 Å². The maximum absolute atomic E-state index is 13.6. The van der Waals surface area contributed by atoms with E-state index < -0.39 is 11.7 Å². The Morgan fingerprint density at radius 3 is 2.60 bits per heavy atom. The number of aryl methyl sites for hydroxylation is 1. The number of amidine groups is 1. The number of ketones is 1. The van der Waals surface area contributed by atoms with E-state index in [1.54, 1.807) is 11.8 Å². The van der Waals surface area contributed by atoms with Gasteiger partial charge in [-0.3, -0.25) is 9.59 Å². The van der Waals surface area contributed by atoms with Gasteiger partial charge in [0.2, 0.25) is 0 Å². The van der Waals surface area contributed by atoms with Gasteiger partial charge in [0.1, 0.15) is 23.7 Å². The lowest BCUT2D eigenvalue weighted by molar-refractivity contribution is -0.127. The van der Waals surface area contributed by atoms with Gasteiger partial charge in [-0.2, -0.15) is 5.10 Å². The zero-order valence-electron chi connectivity index (χ0n) is 23.3. The fraction of sp³-hybridized carbons (Fsp3) is 0.200. The van der Waals surface area contributed by atoms with E-state index in [0.29, 0.717) is 59.5 Å². The number of aromatic amines is 1. The van der Waals surface area contributed by atoms with Gasteiger partial charge in [0.15, 0.2) is 5.82 Å². The lowest BCUT2D eigenvalue weighted by Crippen LogP contribution is -2.52. The fourth-order valence-corrected chi connectivity index (χ4v) is 5.66. The lowest BCUT2D eigenvalue weighted by Gasteiger charge is -2.36. The van der Waals surface area contributed by atoms with Crippen LogP contribution in [0.1, 0.15) is 21.7 Å². The SMILES string of the molecule is COc1cnc(-n2cnc(C)n2)c2[nH]cc(C(=O)C(=O)N3CCN(C4=Nc5cc(Cl)ccc5Nc5ccccc54)CC3)c12. The van der Waals surface area contributed by atoms with E-state index in [4.69, 9.17) is 21.3 Å². The zero-order valence-corrected chi connectivity index (χ0v) is 24.1. The Balaban J connectivity index is 1.14. The number of carbonyl (C=O) groups excluding carboxylic acids is 2. The van der Waals surface area contributed by atoms with Crippen molar-refractivity contribution in [3.8, 4) is 11.6 Å². The molecule has 5 heterocycles. The fourth-order valence-electron chi connectivity index (χ4n) is 5.49. The number of anilines is 2. The van der Waals surface area contributed by atoms with Crippen molar-refractivity contribution < 1.29 is 14.3 Å². The number of benzene rings is 2. The molecule has 2 aliphatic rings. The molecule has 0 radical (unpaired) electrons. The van der Waals surface area contributed by atoms with Gasteiger partial charge >= 0.3 is 0 Å². The van der Waals surface area contributed by atoms with Gasteiger partial charge in [-0.15, -0.1) is 0 Å². The highest BCUT2D eigenvalue weighted by atomic mass is 35.5. The summed E-state index contributed by atoms with van der Waals surface area (Å²) in [7, 11) is 1.49. The summed E-state index contributed by atoms with van der Waals surface area (Å²) in [6, 6.07) is 13.5. The Kier molecular flexibility index (Phi) is 6.54. The molecular weight excluding hydrogens is 570 g/mol. The third kappa shape index (κ3) is 4.65. The molecule has 12 nitrogen and oxygen atoms in total. The predicted molar refractivity (Wildman–Crippen MR) is 162 cm³/mol. The van der Waals surface area contributed by atoms with E-state index >= 15 is 0 Å². The second-order valence-corrected chi connectivity index (χ2v) is 10.7. The minimum Gasteiger partial charge on any atom is -0.494 e. The Morgan fingerprint density at radius 1 is 1.02 bits per heavy atom. The number of pyridine rings is 1. The van der Waals surface area contributed by atoms with Crippen molar-refractivity contribution >= 4 is 57.1 Å². The summed E-state index contributed by atoms with van der Waals surface area (Å²) in [6.45, 7) is 3.47. The van der Waals surface area contributed by atoms with Crippen LogP contribution in [0.5, 0.6) is 5.75 Å². The number of ether oxygens (including phenoxy) is 1. The van der Waals surface area contributed by atoms with Crippen LogP contribution in [-0.4, -0.2) is 85.3 Å². The van der Waals surface area contributed by atoms with Crippen molar-refractivity contribution in [2.24, 2.45) is 4.99 Å². The van der Waals surface area contributed by atoms with E-state index in [-0.39, 0.29) is 5.56 Å². The molecule has 0 aliphatic carbocycles. The molecule has 13 heteroatoms. The van der Waals surface area contributed by atoms with Crippen molar-refractivity contribution in [3.63, 3.8) is 0 Å². The van der Waals surface area contributed by atoms with Gasteiger partial charge in [0.05, 0.1) is 41.1 Å². The molecule has 43 heavy (non-hydrogen) atoms. The van der Waals surface area contributed by atoms with Crippen molar-refractivity contribution in [1.29, 1.82) is 0 Å². The standard InChI is InChI=1S/C30H26ClN9O3/c1-17-34-16-40(37-17)29-26-25(24(43-2)15-33-29)20(14-32-26)27(41)30(42)39-11-9-38(10-12-39)28-19-5-3-4-6-21(19)35-22-8-7-18(31)13-23(22)36-28/h3-8,13-16,32,35H,9-12H2,1-2H3. The summed E-state index contributed by atoms with van der Waals surface area (Å²) in [5, 5.41) is 8.85. The first kappa shape index (κ1) is 26.7. The second-order valence-electron chi connectivity index (χ2n) is 10.2. The highest BCUT2D eigenvalue weighted by molar-refractivity contribution is 6.45. The Hall–Kier alpha value is -5.23. The van der Waals surface area contributed by atoms with Gasteiger partial charge in [-0.05, 0) is 37.3 Å². The van der Waals surface area contributed by atoms with Crippen LogP contribution in [0.4, 0.5) is 17.1 Å². The van der Waals surface area contributed by atoms with Gasteiger partial charge in [0, 0.05) is 48.6 Å². The van der Waals surface area contributed by atoms with Crippen LogP contribution in [0, 0.1) is 6.92 Å². The second kappa shape index (κ2) is 10.6. The van der Waals surface area contributed by atoms with Crippen LogP contribution in [-0.2, 0) is 4.79 Å². The number of piperazine rings is 1. The van der Waals surface area contributed by atoms with Crippen molar-refractivity contribution in [2.45, 2.75) is 6.92 Å². The summed E-state index contributed by atoms with van der Waals surface area (Å²) >= 11 is 6.29. The number of aliphatic imine (C=N–C) groups is 1. The number of carbonyl (C=O) groups is 2. The number of hydrogen-bond acceptors (Lipinski definition) is 9. The van der Waals surface area contributed by atoms with Crippen LogP contribution >= 0.6 is 11.6 Å². The first-order chi connectivity index (χ1) is 20.9. The quantitative estimate of drug-likeness (QED) is 0.232. The van der Waals surface area contributed by atoms with Crippen molar-refractivity contribution in [3.05, 3.63) is 83.2 Å². The molecule has 216 valence electrons. The molecule has 2 N–H and O–H groups in total. The van der Waals surface area contributed by atoms with Gasteiger partial charge in [-0.1, -0.05) is 23.7 Å². The molecule has 7 rings (SSSR count). The van der Waals surface area contributed by atoms with Crippen LogP contribution < -0.4 is 10.1 Å². The molecule has 1 amide bonds. The first-order valence-electron chi connectivity index (χ1n) is 13.7. The van der Waals surface area contributed by atoms with Gasteiger partial charge < -0.3 is 24.8 Å². The average Bonchev–Trinajstić information content (AvgIpc) is 3.63. The average molecular weight is 596 g/mol. The molecule has 0 spiro atoms. The highest BCUT2D eigenvalue weighted by Crippen LogP contribution is 2.37. The maximum Gasteiger partial charge on any atom is 0.295 e. The summed E-state index contributed by atoms with van der Waals surface area (Å²) in [5.41, 5.74) is 4.20. The Labute approximate surface area is 251 Å². The van der Waals surface area contributed by atoms with Crippen LogP contribution in [0.2, 0.25) is 5.02 Å². The summed E-state index contributed by atoms with van der Waals surface area (Å²) in [6.07, 6.45) is 4.57. The number of halogens is 1. The molecule has 1 saturated heterocycles. The predicted octanol–water partition coefficient (Wildman–Crippen LogP) is 4.28. The number of Topliss-reactive ketones (excluding diaryl/α,β-unsaturated/α-hetero) is 1. The number of nitrogens with zero attached hydrogens (tertiary/aromatic N) is 7.